The van der Waals surface area contributed by atoms with Crippen molar-refractivity contribution in [2.45, 2.75) is 6.54 Å². The van der Waals surface area contributed by atoms with E-state index in [0.29, 0.717) is 15.6 Å². The topological polar surface area (TPSA) is 93.8 Å². The zero-order chi connectivity index (χ0) is 17.6. The number of aromatic amines is 1. The number of hydrogen-bond donors (Lipinski definition) is 1. The molecular weight excluding hydrogens is 360 g/mol. The maximum absolute atomic E-state index is 12.9. The quantitative estimate of drug-likeness (QED) is 0.338. The van der Waals surface area contributed by atoms with E-state index in [1.54, 1.807) is 18.3 Å². The van der Waals surface area contributed by atoms with Gasteiger partial charge in [0.05, 0.1) is 22.7 Å². The fourth-order valence-corrected chi connectivity index (χ4v) is 4.00. The number of pyridine rings is 1. The summed E-state index contributed by atoms with van der Waals surface area (Å²) >= 11 is 6.62. The Labute approximate surface area is 149 Å². The summed E-state index contributed by atoms with van der Waals surface area (Å²) in [5.74, 6) is 0. The van der Waals surface area contributed by atoms with Crippen molar-refractivity contribution in [1.82, 2.24) is 14.5 Å². The van der Waals surface area contributed by atoms with E-state index in [1.807, 2.05) is 12.1 Å². The third-order valence-corrected chi connectivity index (χ3v) is 5.33. The predicted octanol–water partition coefficient (Wildman–Crippen LogP) is 3.63. The molecule has 0 aliphatic carbocycles. The number of nitro benzene ring substituents is 1. The van der Waals surface area contributed by atoms with Crippen LogP contribution >= 0.6 is 23.6 Å². The van der Waals surface area contributed by atoms with Crippen LogP contribution in [0, 0.1) is 14.9 Å². The first-order valence-electron chi connectivity index (χ1n) is 7.28. The van der Waals surface area contributed by atoms with Gasteiger partial charge in [0.25, 0.3) is 11.2 Å². The lowest BCUT2D eigenvalue weighted by molar-refractivity contribution is -0.384. The van der Waals surface area contributed by atoms with E-state index >= 15 is 0 Å². The van der Waals surface area contributed by atoms with Gasteiger partial charge in [-0.05, 0) is 30.4 Å². The van der Waals surface area contributed by atoms with Gasteiger partial charge in [0, 0.05) is 28.4 Å². The lowest BCUT2D eigenvalue weighted by Crippen LogP contribution is -2.22. The minimum absolute atomic E-state index is 0.0239. The molecule has 1 aromatic carbocycles. The summed E-state index contributed by atoms with van der Waals surface area (Å²) < 4.78 is 2.98. The second kappa shape index (κ2) is 5.87. The molecule has 0 fully saturated rings. The number of aromatic nitrogens is 3. The number of fused-ring (bicyclic) bond motifs is 3. The second-order valence-corrected chi connectivity index (χ2v) is 6.83. The first kappa shape index (κ1) is 15.6. The normalized spacial score (nSPS) is 11.2. The highest BCUT2D eigenvalue weighted by Crippen LogP contribution is 2.32. The lowest BCUT2D eigenvalue weighted by atomic mass is 10.2. The van der Waals surface area contributed by atoms with Crippen LogP contribution in [0.1, 0.15) is 5.69 Å². The highest BCUT2D eigenvalue weighted by Gasteiger charge is 2.15. The molecule has 7 nitrogen and oxygen atoms in total. The number of rotatable bonds is 3. The molecule has 3 heterocycles. The van der Waals surface area contributed by atoms with Crippen LogP contribution in [0.15, 0.2) is 47.4 Å². The molecule has 3 aromatic heterocycles. The lowest BCUT2D eigenvalue weighted by Gasteiger charge is -2.05. The zero-order valence-electron chi connectivity index (χ0n) is 12.6. The number of nitrogens with zero attached hydrogens (tertiary/aromatic N) is 3. The van der Waals surface area contributed by atoms with Crippen LogP contribution in [0.25, 0.3) is 20.3 Å². The molecule has 0 spiro atoms. The highest BCUT2D eigenvalue weighted by atomic mass is 32.1. The summed E-state index contributed by atoms with van der Waals surface area (Å²) in [5, 5.41) is 11.6. The molecule has 0 bridgehead atoms. The largest absolute Gasteiger partial charge is 0.330 e. The molecule has 124 valence electrons. The molecule has 0 amide bonds. The molecular formula is C16H10N4O3S2. The van der Waals surface area contributed by atoms with Gasteiger partial charge < -0.3 is 4.98 Å². The fourth-order valence-electron chi connectivity index (χ4n) is 2.66. The van der Waals surface area contributed by atoms with E-state index in [9.17, 15) is 14.9 Å². The van der Waals surface area contributed by atoms with Gasteiger partial charge in [0.1, 0.15) is 4.70 Å². The van der Waals surface area contributed by atoms with E-state index in [0.717, 1.165) is 10.4 Å². The second-order valence-electron chi connectivity index (χ2n) is 5.39. The molecule has 0 atom stereocenters. The number of nitrogens with one attached hydrogen (secondary N) is 1. The van der Waals surface area contributed by atoms with Crippen LogP contribution in [0.2, 0.25) is 0 Å². The van der Waals surface area contributed by atoms with Gasteiger partial charge in [-0.15, -0.1) is 11.3 Å². The number of nitro groups is 1. The Morgan fingerprint density at radius 3 is 2.88 bits per heavy atom. The molecule has 0 aliphatic rings. The third-order valence-electron chi connectivity index (χ3n) is 3.85. The van der Waals surface area contributed by atoms with E-state index in [1.165, 1.54) is 28.0 Å². The van der Waals surface area contributed by atoms with E-state index < -0.39 is 4.92 Å². The number of hydrogen-bond acceptors (Lipinski definition) is 6. The Morgan fingerprint density at radius 1 is 1.32 bits per heavy atom. The average Bonchev–Trinajstić information content (AvgIpc) is 2.97. The van der Waals surface area contributed by atoms with Gasteiger partial charge in [-0.3, -0.25) is 24.5 Å². The Kier molecular flexibility index (Phi) is 3.66. The van der Waals surface area contributed by atoms with Crippen molar-refractivity contribution in [2.24, 2.45) is 0 Å². The van der Waals surface area contributed by atoms with E-state index in [2.05, 4.69) is 9.97 Å². The maximum atomic E-state index is 12.9. The summed E-state index contributed by atoms with van der Waals surface area (Å²) in [6.07, 6.45) is 1.66. The molecule has 25 heavy (non-hydrogen) atoms. The first-order valence-corrected chi connectivity index (χ1v) is 8.51. The molecule has 9 heteroatoms. The molecule has 1 N–H and O–H groups in total. The Morgan fingerprint density at radius 2 is 2.16 bits per heavy atom. The van der Waals surface area contributed by atoms with Crippen LogP contribution in [-0.2, 0) is 6.54 Å². The number of non-ortho nitro benzene ring substituents is 1. The fraction of sp³-hybridized carbons (Fsp3) is 0.0625. The van der Waals surface area contributed by atoms with Crippen LogP contribution < -0.4 is 5.56 Å². The van der Waals surface area contributed by atoms with Crippen LogP contribution in [0.3, 0.4) is 0 Å². The van der Waals surface area contributed by atoms with Crippen molar-refractivity contribution >= 4 is 49.5 Å². The number of H-pyrrole nitrogens is 1. The smallest absolute Gasteiger partial charge is 0.272 e. The molecule has 0 saturated carbocycles. The minimum Gasteiger partial charge on any atom is -0.330 e. The molecule has 4 aromatic rings. The predicted molar refractivity (Wildman–Crippen MR) is 98.8 cm³/mol. The Hall–Kier alpha value is -2.91. The monoisotopic (exact) mass is 370 g/mol. The number of benzene rings is 1. The average molecular weight is 370 g/mol. The zero-order valence-corrected chi connectivity index (χ0v) is 14.3. The first-order chi connectivity index (χ1) is 12.0. The van der Waals surface area contributed by atoms with Crippen molar-refractivity contribution in [3.8, 4) is 0 Å². The SMILES string of the molecule is O=c1c2sc3ccc([N+](=O)[O-])cc3c2[nH]c(=S)n1Cc1ccccn1. The molecule has 0 unspecified atom stereocenters. The van der Waals surface area contributed by atoms with Gasteiger partial charge in [-0.25, -0.2) is 0 Å². The standard InChI is InChI=1S/C16H10N4O3S2/c21-15-14-13(11-7-10(20(22)23)4-5-12(11)25-14)18-16(24)19(15)8-9-3-1-2-6-17-9/h1-7H,8H2,(H,18,24). The molecule has 0 aliphatic heterocycles. The Balaban J connectivity index is 1.96. The Bertz CT molecular complexity index is 1240. The van der Waals surface area contributed by atoms with Gasteiger partial charge in [0.15, 0.2) is 4.77 Å². The highest BCUT2D eigenvalue weighted by molar-refractivity contribution is 7.71. The van der Waals surface area contributed by atoms with Crippen LogP contribution in [0.5, 0.6) is 0 Å². The van der Waals surface area contributed by atoms with Crippen molar-refractivity contribution in [3.63, 3.8) is 0 Å². The van der Waals surface area contributed by atoms with Crippen molar-refractivity contribution in [3.05, 3.63) is 73.5 Å². The number of thiophene rings is 1. The summed E-state index contributed by atoms with van der Waals surface area (Å²) in [5.41, 5.74) is 1.01. The van der Waals surface area contributed by atoms with Crippen LogP contribution in [0.4, 0.5) is 5.69 Å². The van der Waals surface area contributed by atoms with E-state index in [-0.39, 0.29) is 22.6 Å². The van der Waals surface area contributed by atoms with E-state index in [4.69, 9.17) is 12.2 Å². The van der Waals surface area contributed by atoms with Crippen LogP contribution in [-0.4, -0.2) is 19.5 Å². The molecule has 0 radical (unpaired) electrons. The minimum atomic E-state index is -0.458. The van der Waals surface area contributed by atoms with Crippen molar-refractivity contribution in [1.29, 1.82) is 0 Å². The molecule has 4 rings (SSSR count). The van der Waals surface area contributed by atoms with Gasteiger partial charge in [0.2, 0.25) is 0 Å². The van der Waals surface area contributed by atoms with Crippen molar-refractivity contribution in [2.75, 3.05) is 0 Å². The maximum Gasteiger partial charge on any atom is 0.272 e. The summed E-state index contributed by atoms with van der Waals surface area (Å²) in [7, 11) is 0. The van der Waals surface area contributed by atoms with Gasteiger partial charge >= 0.3 is 0 Å². The summed E-state index contributed by atoms with van der Waals surface area (Å²) in [6, 6.07) is 10.0. The van der Waals surface area contributed by atoms with Gasteiger partial charge in [-0.1, -0.05) is 6.07 Å². The molecule has 0 saturated heterocycles. The summed E-state index contributed by atoms with van der Waals surface area (Å²) in [6.45, 7) is 0.263. The third kappa shape index (κ3) is 2.63. The van der Waals surface area contributed by atoms with Crippen molar-refractivity contribution < 1.29 is 4.92 Å². The summed E-state index contributed by atoms with van der Waals surface area (Å²) in [4.78, 5) is 30.7. The van der Waals surface area contributed by atoms with Gasteiger partial charge in [-0.2, -0.15) is 0 Å².